The third-order valence-corrected chi connectivity index (χ3v) is 11.3. The van der Waals surface area contributed by atoms with Gasteiger partial charge in [0.15, 0.2) is 11.5 Å². The van der Waals surface area contributed by atoms with Gasteiger partial charge in [-0.1, -0.05) is 115 Å². The SMILES string of the molecule is C=C[C@H]1C[N+]2(Cc3cc(OCc4ccccc4)c(OCc4ccccc4)c(OCc4ccccc4)c3)CC[C@H]1C[C@@H]2[C@@H](O)c1ccnc2ccccc12. The Balaban J connectivity index is 1.19. The fourth-order valence-corrected chi connectivity index (χ4v) is 8.61. The highest BCUT2D eigenvalue weighted by atomic mass is 16.5. The summed E-state index contributed by atoms with van der Waals surface area (Å²) in [6.45, 7) is 8.03. The molecule has 1 N–H and O–H groups in total. The zero-order chi connectivity index (χ0) is 36.0. The molecule has 53 heavy (non-hydrogen) atoms. The van der Waals surface area contributed by atoms with E-state index in [0.29, 0.717) is 55.4 Å². The number of hydrogen-bond acceptors (Lipinski definition) is 5. The van der Waals surface area contributed by atoms with Gasteiger partial charge in [0.1, 0.15) is 38.5 Å². The first kappa shape index (κ1) is 34.6. The third kappa shape index (κ3) is 7.57. The minimum atomic E-state index is -0.646. The van der Waals surface area contributed by atoms with Gasteiger partial charge in [0, 0.05) is 35.9 Å². The van der Waals surface area contributed by atoms with E-state index in [9.17, 15) is 5.11 Å². The van der Waals surface area contributed by atoms with Crippen LogP contribution in [0.15, 0.2) is 152 Å². The highest BCUT2D eigenvalue weighted by Gasteiger charge is 2.54. The summed E-state index contributed by atoms with van der Waals surface area (Å²) in [5, 5.41) is 13.4. The second-order valence-corrected chi connectivity index (χ2v) is 14.6. The summed E-state index contributed by atoms with van der Waals surface area (Å²) in [5.74, 6) is 2.77. The summed E-state index contributed by atoms with van der Waals surface area (Å²) in [6.07, 6.45) is 5.36. The highest BCUT2D eigenvalue weighted by molar-refractivity contribution is 5.82. The fraction of sp³-hybridized carbons (Fsp3) is 0.255. The largest absolute Gasteiger partial charge is 0.485 e. The smallest absolute Gasteiger partial charge is 0.203 e. The number of benzene rings is 5. The standard InChI is InChI=1S/C47H47N2O4/c1-2-38-30-49(25-23-39(38)28-43(49)46(50)41-22-24-48-42-21-13-12-20-40(41)42)29-37-26-44(51-31-34-14-6-3-7-15-34)47(53-33-36-18-10-5-11-19-36)45(27-37)52-32-35-16-8-4-9-17-35/h2-22,24,26-27,38-39,43,46,50H,1,23,25,28-33H2/q+1/t38-,39-,43+,46-,49?/m0/s1. The first-order chi connectivity index (χ1) is 26.1. The lowest BCUT2D eigenvalue weighted by Gasteiger charge is -2.58. The number of hydrogen-bond donors (Lipinski definition) is 1. The van der Waals surface area contributed by atoms with Crippen LogP contribution >= 0.6 is 0 Å². The number of aromatic nitrogens is 1. The normalized spacial score (nSPS) is 21.2. The molecule has 2 bridgehead atoms. The van der Waals surface area contributed by atoms with E-state index in [-0.39, 0.29) is 6.04 Å². The predicted octanol–water partition coefficient (Wildman–Crippen LogP) is 9.62. The van der Waals surface area contributed by atoms with Gasteiger partial charge in [-0.05, 0) is 52.4 Å². The highest BCUT2D eigenvalue weighted by Crippen LogP contribution is 2.49. The molecule has 3 aliphatic rings. The Labute approximate surface area is 312 Å². The summed E-state index contributed by atoms with van der Waals surface area (Å²) in [7, 11) is 0. The van der Waals surface area contributed by atoms with Crippen LogP contribution < -0.4 is 14.2 Å². The number of piperidine rings is 3. The van der Waals surface area contributed by atoms with Crippen LogP contribution in [-0.2, 0) is 26.4 Å². The average Bonchev–Trinajstić information content (AvgIpc) is 3.22. The second-order valence-electron chi connectivity index (χ2n) is 14.6. The quantitative estimate of drug-likeness (QED) is 0.0905. The maximum Gasteiger partial charge on any atom is 0.203 e. The Morgan fingerprint density at radius 2 is 1.28 bits per heavy atom. The molecule has 0 amide bonds. The zero-order valence-corrected chi connectivity index (χ0v) is 30.1. The van der Waals surface area contributed by atoms with E-state index in [2.05, 4.69) is 72.2 Å². The molecule has 0 saturated carbocycles. The topological polar surface area (TPSA) is 60.8 Å². The van der Waals surface area contributed by atoms with E-state index >= 15 is 0 Å². The second kappa shape index (κ2) is 15.7. The van der Waals surface area contributed by atoms with Crippen molar-refractivity contribution in [3.63, 3.8) is 0 Å². The van der Waals surface area contributed by atoms with Gasteiger partial charge in [-0.2, -0.15) is 0 Å². The van der Waals surface area contributed by atoms with Crippen LogP contribution in [0.1, 0.15) is 46.8 Å². The molecule has 6 heteroatoms. The van der Waals surface area contributed by atoms with Crippen molar-refractivity contribution in [3.8, 4) is 17.2 Å². The van der Waals surface area contributed by atoms with Crippen molar-refractivity contribution in [2.24, 2.45) is 11.8 Å². The monoisotopic (exact) mass is 703 g/mol. The summed E-state index contributed by atoms with van der Waals surface area (Å²) in [5.41, 5.74) is 6.14. The molecular formula is C47H47N2O4+. The molecule has 1 aromatic heterocycles. The van der Waals surface area contributed by atoms with Crippen molar-refractivity contribution < 1.29 is 23.8 Å². The number of quaternary nitrogens is 1. The summed E-state index contributed by atoms with van der Waals surface area (Å²) >= 11 is 0. The molecule has 1 unspecified atom stereocenters. The maximum atomic E-state index is 12.4. The number of para-hydroxylation sites is 1. The molecule has 3 saturated heterocycles. The van der Waals surface area contributed by atoms with E-state index < -0.39 is 6.10 Å². The number of nitrogens with zero attached hydrogens (tertiary/aromatic N) is 2. The van der Waals surface area contributed by atoms with Crippen LogP contribution in [-0.4, -0.2) is 33.7 Å². The van der Waals surface area contributed by atoms with Crippen molar-refractivity contribution in [2.75, 3.05) is 13.1 Å². The van der Waals surface area contributed by atoms with Crippen molar-refractivity contribution in [1.82, 2.24) is 4.98 Å². The number of ether oxygens (including phenoxy) is 3. The lowest BCUT2D eigenvalue weighted by atomic mass is 9.71. The number of aliphatic hydroxyl groups excluding tert-OH is 1. The first-order valence-corrected chi connectivity index (χ1v) is 18.8. The lowest BCUT2D eigenvalue weighted by molar-refractivity contribution is -0.984. The van der Waals surface area contributed by atoms with Gasteiger partial charge in [0.05, 0.1) is 18.6 Å². The van der Waals surface area contributed by atoms with Gasteiger partial charge < -0.3 is 23.8 Å². The maximum absolute atomic E-state index is 12.4. The van der Waals surface area contributed by atoms with Crippen molar-refractivity contribution in [2.45, 2.75) is 51.4 Å². The molecule has 268 valence electrons. The Kier molecular flexibility index (Phi) is 10.2. The minimum Gasteiger partial charge on any atom is -0.485 e. The van der Waals surface area contributed by atoms with E-state index in [1.165, 1.54) is 0 Å². The molecular weight excluding hydrogens is 657 g/mol. The Hall–Kier alpha value is -5.43. The molecule has 0 spiro atoms. The fourth-order valence-electron chi connectivity index (χ4n) is 8.61. The molecule has 4 heterocycles. The van der Waals surface area contributed by atoms with Gasteiger partial charge in [-0.3, -0.25) is 4.98 Å². The number of fused-ring (bicyclic) bond motifs is 4. The first-order valence-electron chi connectivity index (χ1n) is 18.8. The van der Waals surface area contributed by atoms with Crippen molar-refractivity contribution in [3.05, 3.63) is 180 Å². The van der Waals surface area contributed by atoms with Crippen molar-refractivity contribution in [1.29, 1.82) is 0 Å². The number of pyridine rings is 1. The number of aliphatic hydroxyl groups is 1. The predicted molar refractivity (Wildman–Crippen MR) is 209 cm³/mol. The molecule has 5 aromatic carbocycles. The minimum absolute atomic E-state index is 0.00661. The molecule has 6 aromatic rings. The Morgan fingerprint density at radius 3 is 1.89 bits per heavy atom. The van der Waals surface area contributed by atoms with E-state index in [4.69, 9.17) is 14.2 Å². The zero-order valence-electron chi connectivity index (χ0n) is 30.1. The van der Waals surface area contributed by atoms with Gasteiger partial charge in [0.2, 0.25) is 5.75 Å². The summed E-state index contributed by atoms with van der Waals surface area (Å²) in [6, 6.07) is 45.0. The average molecular weight is 704 g/mol. The molecule has 3 aliphatic heterocycles. The molecule has 3 fully saturated rings. The van der Waals surface area contributed by atoms with E-state index in [1.54, 1.807) is 0 Å². The van der Waals surface area contributed by atoms with E-state index in [1.807, 2.05) is 85.1 Å². The van der Waals surface area contributed by atoms with Crippen LogP contribution in [0.4, 0.5) is 0 Å². The van der Waals surface area contributed by atoms with Crippen molar-refractivity contribution >= 4 is 10.9 Å². The van der Waals surface area contributed by atoms with Gasteiger partial charge in [-0.15, -0.1) is 6.58 Å². The van der Waals surface area contributed by atoms with Gasteiger partial charge >= 0.3 is 0 Å². The Bertz CT molecular complexity index is 2070. The summed E-state index contributed by atoms with van der Waals surface area (Å²) in [4.78, 5) is 4.60. The molecule has 0 radical (unpaired) electrons. The summed E-state index contributed by atoms with van der Waals surface area (Å²) < 4.78 is 20.7. The van der Waals surface area contributed by atoms with Crippen LogP contribution in [0.2, 0.25) is 0 Å². The molecule has 6 nitrogen and oxygen atoms in total. The van der Waals surface area contributed by atoms with Gasteiger partial charge in [-0.25, -0.2) is 0 Å². The van der Waals surface area contributed by atoms with E-state index in [0.717, 1.165) is 69.1 Å². The third-order valence-electron chi connectivity index (χ3n) is 11.3. The van der Waals surface area contributed by atoms with Crippen LogP contribution in [0.25, 0.3) is 10.9 Å². The van der Waals surface area contributed by atoms with Crippen LogP contribution in [0.3, 0.4) is 0 Å². The molecule has 9 rings (SSSR count). The molecule has 0 aliphatic carbocycles. The Morgan fingerprint density at radius 1 is 0.717 bits per heavy atom. The van der Waals surface area contributed by atoms with Crippen LogP contribution in [0.5, 0.6) is 17.2 Å². The van der Waals surface area contributed by atoms with Crippen LogP contribution in [0, 0.1) is 11.8 Å². The lowest BCUT2D eigenvalue weighted by Crippen LogP contribution is -2.67. The van der Waals surface area contributed by atoms with Gasteiger partial charge in [0.25, 0.3) is 0 Å². The number of rotatable bonds is 14. The molecule has 5 atom stereocenters.